The molecule has 1 aromatic rings. The van der Waals surface area contributed by atoms with Gasteiger partial charge in [0.2, 0.25) is 0 Å². The lowest BCUT2D eigenvalue weighted by Crippen LogP contribution is -1.97. The minimum Gasteiger partial charge on any atom is -0.481 e. The summed E-state index contributed by atoms with van der Waals surface area (Å²) in [5, 5.41) is 18.8. The molecule has 1 aromatic heterocycles. The standard InChI is InChI=1S/C7H8O3S/c8-3-5-1-6(11-4-5)2-7(9)10/h1,4,8H,2-3H2,(H,9,10). The third-order valence-electron chi connectivity index (χ3n) is 1.22. The van der Waals surface area contributed by atoms with Crippen LogP contribution in [0.5, 0.6) is 0 Å². The molecule has 0 saturated heterocycles. The largest absolute Gasteiger partial charge is 0.481 e. The van der Waals surface area contributed by atoms with Crippen molar-refractivity contribution in [1.29, 1.82) is 0 Å². The summed E-state index contributed by atoms with van der Waals surface area (Å²) in [5.41, 5.74) is 0.784. The second-order valence-electron chi connectivity index (χ2n) is 2.15. The van der Waals surface area contributed by atoms with Crippen LogP contribution in [0.3, 0.4) is 0 Å². The second-order valence-corrected chi connectivity index (χ2v) is 3.15. The molecule has 2 N–H and O–H groups in total. The van der Waals surface area contributed by atoms with Crippen LogP contribution in [0.25, 0.3) is 0 Å². The maximum Gasteiger partial charge on any atom is 0.308 e. The first-order valence-corrected chi connectivity index (χ1v) is 3.99. The van der Waals surface area contributed by atoms with Gasteiger partial charge < -0.3 is 10.2 Å². The van der Waals surface area contributed by atoms with E-state index in [-0.39, 0.29) is 13.0 Å². The summed E-state index contributed by atoms with van der Waals surface area (Å²) in [6.45, 7) is -0.0177. The molecule has 11 heavy (non-hydrogen) atoms. The molecule has 0 bridgehead atoms. The Labute approximate surface area is 67.9 Å². The molecular weight excluding hydrogens is 164 g/mol. The molecule has 1 rings (SSSR count). The predicted molar refractivity (Wildman–Crippen MR) is 41.6 cm³/mol. The minimum atomic E-state index is -0.837. The van der Waals surface area contributed by atoms with Crippen molar-refractivity contribution < 1.29 is 15.0 Å². The average molecular weight is 172 g/mol. The quantitative estimate of drug-likeness (QED) is 0.711. The van der Waals surface area contributed by atoms with Crippen molar-refractivity contribution in [3.05, 3.63) is 21.9 Å². The van der Waals surface area contributed by atoms with Gasteiger partial charge in [0.15, 0.2) is 0 Å². The summed E-state index contributed by atoms with van der Waals surface area (Å²) in [4.78, 5) is 11.0. The van der Waals surface area contributed by atoms with Crippen LogP contribution in [-0.2, 0) is 17.8 Å². The van der Waals surface area contributed by atoms with E-state index in [2.05, 4.69) is 0 Å². The lowest BCUT2D eigenvalue weighted by Gasteiger charge is -1.87. The Morgan fingerprint density at radius 2 is 2.36 bits per heavy atom. The van der Waals surface area contributed by atoms with Crippen molar-refractivity contribution in [1.82, 2.24) is 0 Å². The Hall–Kier alpha value is -0.870. The Kier molecular flexibility index (Phi) is 2.62. The Morgan fingerprint density at radius 3 is 2.82 bits per heavy atom. The molecule has 1 heterocycles. The van der Waals surface area contributed by atoms with Crippen LogP contribution in [0.2, 0.25) is 0 Å². The number of aliphatic carboxylic acids is 1. The van der Waals surface area contributed by atoms with Crippen LogP contribution in [0.4, 0.5) is 0 Å². The molecule has 4 heteroatoms. The number of hydrogen-bond donors (Lipinski definition) is 2. The number of rotatable bonds is 3. The fourth-order valence-electron chi connectivity index (χ4n) is 0.751. The van der Waals surface area contributed by atoms with Crippen LogP contribution in [0.1, 0.15) is 10.4 Å². The molecule has 0 amide bonds. The molecule has 0 fully saturated rings. The first kappa shape index (κ1) is 8.23. The average Bonchev–Trinajstić information content (AvgIpc) is 2.34. The summed E-state index contributed by atoms with van der Waals surface area (Å²) in [6.07, 6.45) is 0.0463. The van der Waals surface area contributed by atoms with E-state index in [1.54, 1.807) is 11.4 Å². The number of thiophene rings is 1. The van der Waals surface area contributed by atoms with E-state index in [9.17, 15) is 4.79 Å². The second kappa shape index (κ2) is 3.50. The van der Waals surface area contributed by atoms with Crippen LogP contribution < -0.4 is 0 Å². The Bertz CT molecular complexity index is 254. The number of aliphatic hydroxyl groups is 1. The molecule has 0 saturated carbocycles. The first-order chi connectivity index (χ1) is 5.22. The maximum atomic E-state index is 10.2. The van der Waals surface area contributed by atoms with Gasteiger partial charge in [-0.3, -0.25) is 4.79 Å². The normalized spacial score (nSPS) is 9.91. The van der Waals surface area contributed by atoms with Crippen molar-refractivity contribution in [2.45, 2.75) is 13.0 Å². The highest BCUT2D eigenvalue weighted by atomic mass is 32.1. The smallest absolute Gasteiger partial charge is 0.308 e. The number of carboxylic acids is 1. The first-order valence-electron chi connectivity index (χ1n) is 3.11. The van der Waals surface area contributed by atoms with Gasteiger partial charge in [-0.15, -0.1) is 11.3 Å². The van der Waals surface area contributed by atoms with Gasteiger partial charge in [0.25, 0.3) is 0 Å². The van der Waals surface area contributed by atoms with Gasteiger partial charge in [0.1, 0.15) is 0 Å². The third kappa shape index (κ3) is 2.32. The summed E-state index contributed by atoms with van der Waals surface area (Å²) < 4.78 is 0. The minimum absolute atomic E-state index is 0.0177. The van der Waals surface area contributed by atoms with Crippen molar-refractivity contribution >= 4 is 17.3 Å². The van der Waals surface area contributed by atoms with Gasteiger partial charge in [-0.05, 0) is 17.0 Å². The van der Waals surface area contributed by atoms with Crippen molar-refractivity contribution in [3.63, 3.8) is 0 Å². The molecule has 3 nitrogen and oxygen atoms in total. The van der Waals surface area contributed by atoms with Crippen LogP contribution in [0.15, 0.2) is 11.4 Å². The summed E-state index contributed by atoms with van der Waals surface area (Å²) >= 11 is 1.36. The third-order valence-corrected chi connectivity index (χ3v) is 2.20. The van der Waals surface area contributed by atoms with Crippen molar-refractivity contribution in [2.24, 2.45) is 0 Å². The molecule has 0 aliphatic rings. The molecule has 0 radical (unpaired) electrons. The lowest BCUT2D eigenvalue weighted by molar-refractivity contribution is -0.136. The van der Waals surface area contributed by atoms with Gasteiger partial charge in [0.05, 0.1) is 13.0 Å². The van der Waals surface area contributed by atoms with Gasteiger partial charge in [-0.25, -0.2) is 0 Å². The maximum absolute atomic E-state index is 10.2. The highest BCUT2D eigenvalue weighted by molar-refractivity contribution is 7.10. The predicted octanol–water partition coefficient (Wildman–Crippen LogP) is 0.868. The zero-order valence-corrected chi connectivity index (χ0v) is 6.60. The zero-order chi connectivity index (χ0) is 8.27. The van der Waals surface area contributed by atoms with Gasteiger partial charge >= 0.3 is 5.97 Å². The summed E-state index contributed by atoms with van der Waals surface area (Å²) in [7, 11) is 0. The fourth-order valence-corrected chi connectivity index (χ4v) is 1.62. The van der Waals surface area contributed by atoms with Crippen LogP contribution >= 0.6 is 11.3 Å². The highest BCUT2D eigenvalue weighted by Crippen LogP contribution is 2.14. The molecule has 0 spiro atoms. The topological polar surface area (TPSA) is 57.5 Å². The molecule has 0 aromatic carbocycles. The number of aliphatic hydroxyl groups excluding tert-OH is 1. The molecule has 0 unspecified atom stereocenters. The summed E-state index contributed by atoms with van der Waals surface area (Å²) in [5.74, 6) is -0.837. The Morgan fingerprint density at radius 1 is 1.64 bits per heavy atom. The van der Waals surface area contributed by atoms with Gasteiger partial charge in [0, 0.05) is 4.88 Å². The van der Waals surface area contributed by atoms with E-state index >= 15 is 0 Å². The van der Waals surface area contributed by atoms with E-state index in [4.69, 9.17) is 10.2 Å². The van der Waals surface area contributed by atoms with E-state index in [0.717, 1.165) is 10.4 Å². The fraction of sp³-hybridized carbons (Fsp3) is 0.286. The van der Waals surface area contributed by atoms with Crippen LogP contribution in [0, 0.1) is 0 Å². The van der Waals surface area contributed by atoms with E-state index < -0.39 is 5.97 Å². The van der Waals surface area contributed by atoms with E-state index in [1.165, 1.54) is 11.3 Å². The number of carboxylic acid groups (broad SMARTS) is 1. The monoisotopic (exact) mass is 172 g/mol. The van der Waals surface area contributed by atoms with E-state index in [1.807, 2.05) is 0 Å². The molecule has 0 aliphatic heterocycles. The van der Waals surface area contributed by atoms with Gasteiger partial charge in [-0.2, -0.15) is 0 Å². The molecule has 0 aliphatic carbocycles. The summed E-state index contributed by atoms with van der Waals surface area (Å²) in [6, 6.07) is 1.71. The number of carbonyl (C=O) groups is 1. The lowest BCUT2D eigenvalue weighted by atomic mass is 10.3. The van der Waals surface area contributed by atoms with Crippen LogP contribution in [-0.4, -0.2) is 16.2 Å². The van der Waals surface area contributed by atoms with Crippen molar-refractivity contribution in [3.8, 4) is 0 Å². The Balaban J connectivity index is 2.65. The van der Waals surface area contributed by atoms with Gasteiger partial charge in [-0.1, -0.05) is 0 Å². The highest BCUT2D eigenvalue weighted by Gasteiger charge is 2.02. The van der Waals surface area contributed by atoms with E-state index in [0.29, 0.717) is 0 Å². The molecular formula is C7H8O3S. The molecule has 0 atom stereocenters. The zero-order valence-electron chi connectivity index (χ0n) is 5.78. The SMILES string of the molecule is O=C(O)Cc1cc(CO)cs1. The number of hydrogen-bond acceptors (Lipinski definition) is 3. The molecule has 60 valence electrons. The van der Waals surface area contributed by atoms with Crippen molar-refractivity contribution in [2.75, 3.05) is 0 Å².